The zero-order valence-electron chi connectivity index (χ0n) is 22.3. The van der Waals surface area contributed by atoms with E-state index in [0.29, 0.717) is 12.8 Å². The Labute approximate surface area is 138 Å². The molecule has 0 aliphatic heterocycles. The Bertz CT molecular complexity index is 720. The molecule has 1 fully saturated rings. The zero-order chi connectivity index (χ0) is 23.9. The molecule has 2 N–H and O–H groups in total. The van der Waals surface area contributed by atoms with Crippen LogP contribution < -0.4 is 9.64 Å². The lowest BCUT2D eigenvalue weighted by Gasteiger charge is -2.39. The van der Waals surface area contributed by atoms with E-state index in [1.165, 1.54) is 24.3 Å². The fraction of sp³-hybridized carbons (Fsp3) is 0.647. The van der Waals surface area contributed by atoms with Crippen LogP contribution in [-0.2, 0) is 0 Å². The number of hydrogen-bond acceptors (Lipinski definition) is 2. The lowest BCUT2D eigenvalue weighted by Crippen LogP contribution is -3.06. The molecule has 1 atom stereocenters. The smallest absolute Gasteiger partial charge is 0.118 e. The lowest BCUT2D eigenvalue weighted by atomic mass is 9.72. The van der Waals surface area contributed by atoms with Crippen molar-refractivity contribution in [1.29, 1.82) is 0 Å². The lowest BCUT2D eigenvalue weighted by molar-refractivity contribution is -0.860. The predicted molar refractivity (Wildman–Crippen MR) is 81.4 cm³/mol. The van der Waals surface area contributed by atoms with Gasteiger partial charge in [-0.2, -0.15) is 0 Å². The van der Waals surface area contributed by atoms with Gasteiger partial charge in [-0.15, -0.1) is 0 Å². The normalized spacial score (nSPS) is 30.6. The van der Waals surface area contributed by atoms with E-state index in [-0.39, 0.29) is 24.2 Å². The van der Waals surface area contributed by atoms with Gasteiger partial charge in [0.25, 0.3) is 0 Å². The van der Waals surface area contributed by atoms with Crippen molar-refractivity contribution in [1.82, 2.24) is 0 Å². The van der Waals surface area contributed by atoms with Crippen LogP contribution in [0.5, 0.6) is 5.75 Å². The van der Waals surface area contributed by atoms with Gasteiger partial charge < -0.3 is 14.7 Å². The molecule has 0 amide bonds. The molecular formula is C17H28NO2+. The SMILES string of the molecule is [2H]C([2H])([2H])Oc1ccc([C@@H](C2(O)CCCCC2)C([2H])([2H])[NH+](C([2H])([2H])[2H])C([2H])([2H])[2H])cc1. The number of benzene rings is 1. The molecule has 3 nitrogen and oxygen atoms in total. The topological polar surface area (TPSA) is 33.9 Å². The van der Waals surface area contributed by atoms with E-state index in [1.54, 1.807) is 0 Å². The number of aliphatic hydroxyl groups is 1. The van der Waals surface area contributed by atoms with Crippen molar-refractivity contribution in [2.75, 3.05) is 27.5 Å². The molecule has 20 heavy (non-hydrogen) atoms. The summed E-state index contributed by atoms with van der Waals surface area (Å²) in [6.45, 7) is -9.35. The summed E-state index contributed by atoms with van der Waals surface area (Å²) in [6, 6.07) is 5.24. The van der Waals surface area contributed by atoms with Crippen LogP contribution in [0.4, 0.5) is 0 Å². The number of hydrogen-bond donors (Lipinski definition) is 2. The second-order valence-electron chi connectivity index (χ2n) is 5.29. The minimum Gasteiger partial charge on any atom is -0.497 e. The van der Waals surface area contributed by atoms with E-state index in [1.807, 2.05) is 0 Å². The molecule has 1 aromatic carbocycles. The molecule has 0 bridgehead atoms. The Morgan fingerprint density at radius 1 is 1.30 bits per heavy atom. The number of rotatable bonds is 5. The van der Waals surface area contributed by atoms with Crippen LogP contribution in [0.25, 0.3) is 0 Å². The molecule has 1 aromatic rings. The Hall–Kier alpha value is -1.06. The molecule has 0 saturated heterocycles. The fourth-order valence-corrected chi connectivity index (χ4v) is 2.85. The van der Waals surface area contributed by atoms with Gasteiger partial charge in [0.2, 0.25) is 0 Å². The number of likely N-dealkylation sites (N-methyl/N-ethyl adjacent to an activating group) is 1. The highest BCUT2D eigenvalue weighted by Crippen LogP contribution is 2.39. The second kappa shape index (κ2) is 6.59. The molecule has 0 unspecified atom stereocenters. The molecule has 112 valence electrons. The highest BCUT2D eigenvalue weighted by Gasteiger charge is 2.40. The third-order valence-electron chi connectivity index (χ3n) is 3.88. The van der Waals surface area contributed by atoms with Crippen LogP contribution in [0.2, 0.25) is 0 Å². The standard InChI is InChI=1S/C17H27NO2/c1-18(2)13-16(17(19)11-5-4-6-12-17)14-7-9-15(20-3)10-8-14/h7-10,16,19H,4-6,11-13H2,1-3H3/p+1/t16-/m0/s1/i1D3,2D3,3D3,13D2. The molecular weight excluding hydrogens is 250 g/mol. The van der Waals surface area contributed by atoms with Gasteiger partial charge in [-0.1, -0.05) is 31.4 Å². The van der Waals surface area contributed by atoms with E-state index in [4.69, 9.17) is 19.8 Å². The maximum Gasteiger partial charge on any atom is 0.118 e. The fourth-order valence-electron chi connectivity index (χ4n) is 2.85. The Balaban J connectivity index is 2.60. The third kappa shape index (κ3) is 3.53. The maximum atomic E-state index is 11.4. The number of quaternary nitrogens is 1. The largest absolute Gasteiger partial charge is 0.497 e. The highest BCUT2D eigenvalue weighted by molar-refractivity contribution is 5.31. The van der Waals surface area contributed by atoms with Crippen LogP contribution in [0, 0.1) is 0 Å². The van der Waals surface area contributed by atoms with Crippen molar-refractivity contribution >= 4 is 0 Å². The molecule has 0 heterocycles. The molecule has 0 spiro atoms. The molecule has 1 saturated carbocycles. The first-order chi connectivity index (χ1) is 13.9. The van der Waals surface area contributed by atoms with Gasteiger partial charge >= 0.3 is 0 Å². The average Bonchev–Trinajstić information content (AvgIpc) is 2.52. The summed E-state index contributed by atoms with van der Waals surface area (Å²) in [6.07, 6.45) is 2.35. The second-order valence-corrected chi connectivity index (χ2v) is 5.29. The van der Waals surface area contributed by atoms with Crippen molar-refractivity contribution in [3.05, 3.63) is 29.8 Å². The number of nitrogens with one attached hydrogen (secondary N) is 1. The monoisotopic (exact) mass is 289 g/mol. The minimum absolute atomic E-state index is 0.0189. The van der Waals surface area contributed by atoms with Crippen LogP contribution in [0.15, 0.2) is 24.3 Å². The Morgan fingerprint density at radius 2 is 2.00 bits per heavy atom. The highest BCUT2D eigenvalue weighted by atomic mass is 16.5. The summed E-state index contributed by atoms with van der Waals surface area (Å²) in [7, 11) is -2.69. The van der Waals surface area contributed by atoms with Gasteiger partial charge in [-0.25, -0.2) is 0 Å². The van der Waals surface area contributed by atoms with E-state index < -0.39 is 43.9 Å². The summed E-state index contributed by atoms with van der Waals surface area (Å²) in [5.74, 6) is -1.51. The molecule has 1 aliphatic rings. The van der Waals surface area contributed by atoms with Crippen molar-refractivity contribution < 1.29 is 29.8 Å². The van der Waals surface area contributed by atoms with Crippen LogP contribution >= 0.6 is 0 Å². The van der Waals surface area contributed by atoms with Crippen molar-refractivity contribution in [3.8, 4) is 5.75 Å². The van der Waals surface area contributed by atoms with Crippen molar-refractivity contribution in [2.45, 2.75) is 43.6 Å². The molecule has 0 radical (unpaired) electrons. The summed E-state index contributed by atoms with van der Waals surface area (Å²) in [5.41, 5.74) is -1.51. The van der Waals surface area contributed by atoms with Gasteiger partial charge in [0.05, 0.1) is 54.1 Å². The van der Waals surface area contributed by atoms with Crippen LogP contribution in [0.3, 0.4) is 0 Å². The van der Waals surface area contributed by atoms with Crippen LogP contribution in [-0.4, -0.2) is 38.2 Å². The molecule has 2 rings (SSSR count). The summed E-state index contributed by atoms with van der Waals surface area (Å²) in [5, 5.41) is 11.4. The van der Waals surface area contributed by atoms with Gasteiger partial charge in [-0.3, -0.25) is 0 Å². The van der Waals surface area contributed by atoms with E-state index in [0.717, 1.165) is 6.42 Å². The predicted octanol–water partition coefficient (Wildman–Crippen LogP) is 1.62. The third-order valence-corrected chi connectivity index (χ3v) is 3.88. The Kier molecular flexibility index (Phi) is 2.10. The first-order valence-corrected chi connectivity index (χ1v) is 6.78. The van der Waals surface area contributed by atoms with Gasteiger partial charge in [0, 0.05) is 0 Å². The summed E-state index contributed by atoms with van der Waals surface area (Å²) >= 11 is 0. The Morgan fingerprint density at radius 3 is 2.60 bits per heavy atom. The average molecular weight is 289 g/mol. The summed E-state index contributed by atoms with van der Waals surface area (Å²) < 4.78 is 89.9. The van der Waals surface area contributed by atoms with Crippen molar-refractivity contribution in [3.63, 3.8) is 0 Å². The van der Waals surface area contributed by atoms with Gasteiger partial charge in [0.15, 0.2) is 0 Å². The van der Waals surface area contributed by atoms with Gasteiger partial charge in [-0.05, 0) is 30.5 Å². The zero-order valence-corrected chi connectivity index (χ0v) is 11.3. The quantitative estimate of drug-likeness (QED) is 0.864. The molecule has 0 aromatic heterocycles. The molecule has 1 aliphatic carbocycles. The first-order valence-electron chi connectivity index (χ1n) is 12.3. The van der Waals surface area contributed by atoms with Crippen molar-refractivity contribution in [2.24, 2.45) is 0 Å². The van der Waals surface area contributed by atoms with Crippen LogP contribution in [0.1, 0.15) is 58.7 Å². The van der Waals surface area contributed by atoms with E-state index in [2.05, 4.69) is 0 Å². The van der Waals surface area contributed by atoms with Gasteiger partial charge in [0.1, 0.15) is 5.75 Å². The number of methoxy groups -OCH3 is 1. The first kappa shape index (κ1) is 6.37. The molecule has 3 heteroatoms. The van der Waals surface area contributed by atoms with E-state index in [9.17, 15) is 5.11 Å². The minimum atomic E-state index is -3.22. The maximum absolute atomic E-state index is 11.4. The summed E-state index contributed by atoms with van der Waals surface area (Å²) in [4.78, 5) is -1.24. The number of ether oxygens (including phenoxy) is 1. The van der Waals surface area contributed by atoms with E-state index >= 15 is 0 Å².